The van der Waals surface area contributed by atoms with Crippen LogP contribution in [0.1, 0.15) is 12.8 Å². The summed E-state index contributed by atoms with van der Waals surface area (Å²) in [6.07, 6.45) is 1.37. The number of nitrogens with zero attached hydrogens (tertiary/aromatic N) is 1. The normalized spacial score (nSPS) is 15.2. The Bertz CT molecular complexity index is 942. The van der Waals surface area contributed by atoms with Crippen LogP contribution in [0.5, 0.6) is 5.75 Å². The average molecular weight is 421 g/mol. The number of likely N-dealkylation sites (tertiary alicyclic amines) is 1. The van der Waals surface area contributed by atoms with Gasteiger partial charge in [-0.1, -0.05) is 12.1 Å². The molecule has 1 saturated heterocycles. The SMILES string of the molecule is COc1ccccc1S(=O)(=O)NCC1CCN(C(=O)Nc2ccc(F)cc2)CC1. The number of carbonyl (C=O) groups excluding carboxylic acids is 1. The quantitative estimate of drug-likeness (QED) is 0.751. The van der Waals surface area contributed by atoms with Gasteiger partial charge in [-0.05, 0) is 55.2 Å². The second-order valence-electron chi connectivity index (χ2n) is 6.87. The first-order valence-corrected chi connectivity index (χ1v) is 10.8. The smallest absolute Gasteiger partial charge is 0.321 e. The summed E-state index contributed by atoms with van der Waals surface area (Å²) in [5, 5.41) is 2.74. The van der Waals surface area contributed by atoms with Crippen molar-refractivity contribution in [3.63, 3.8) is 0 Å². The van der Waals surface area contributed by atoms with Crippen LogP contribution in [0.2, 0.25) is 0 Å². The van der Waals surface area contributed by atoms with E-state index in [2.05, 4.69) is 10.0 Å². The van der Waals surface area contributed by atoms with Gasteiger partial charge in [-0.25, -0.2) is 22.3 Å². The topological polar surface area (TPSA) is 87.7 Å². The van der Waals surface area contributed by atoms with Gasteiger partial charge in [-0.15, -0.1) is 0 Å². The number of ether oxygens (including phenoxy) is 1. The van der Waals surface area contributed by atoms with Crippen molar-refractivity contribution < 1.29 is 22.3 Å². The van der Waals surface area contributed by atoms with Gasteiger partial charge in [0.15, 0.2) is 0 Å². The first kappa shape index (κ1) is 21.1. The summed E-state index contributed by atoms with van der Waals surface area (Å²) in [6, 6.07) is 11.8. The van der Waals surface area contributed by atoms with Gasteiger partial charge in [0.25, 0.3) is 0 Å². The van der Waals surface area contributed by atoms with Gasteiger partial charge in [-0.2, -0.15) is 0 Å². The maximum Gasteiger partial charge on any atom is 0.321 e. The molecule has 0 bridgehead atoms. The number of hydrogen-bond acceptors (Lipinski definition) is 4. The summed E-state index contributed by atoms with van der Waals surface area (Å²) in [5.41, 5.74) is 0.531. The molecule has 29 heavy (non-hydrogen) atoms. The third-order valence-corrected chi connectivity index (χ3v) is 6.38. The molecule has 0 radical (unpaired) electrons. The highest BCUT2D eigenvalue weighted by atomic mass is 32.2. The standard InChI is InChI=1S/C20H24FN3O4S/c1-28-18-4-2-3-5-19(18)29(26,27)22-14-15-10-12-24(13-11-15)20(25)23-17-8-6-16(21)7-9-17/h2-9,15,22H,10-14H2,1H3,(H,23,25). The molecule has 0 saturated carbocycles. The van der Waals surface area contributed by atoms with Crippen molar-refractivity contribution in [2.75, 3.05) is 32.1 Å². The Balaban J connectivity index is 1.49. The van der Waals surface area contributed by atoms with E-state index in [4.69, 9.17) is 4.74 Å². The summed E-state index contributed by atoms with van der Waals surface area (Å²) in [6.45, 7) is 1.34. The number of para-hydroxylation sites is 1. The molecule has 2 amide bonds. The molecule has 0 atom stereocenters. The number of anilines is 1. The Morgan fingerprint density at radius 1 is 1.14 bits per heavy atom. The van der Waals surface area contributed by atoms with Crippen LogP contribution >= 0.6 is 0 Å². The van der Waals surface area contributed by atoms with Crippen LogP contribution in [0.25, 0.3) is 0 Å². The monoisotopic (exact) mass is 421 g/mol. The Labute approximate surface area is 169 Å². The molecule has 3 rings (SSSR count). The zero-order valence-electron chi connectivity index (χ0n) is 16.1. The lowest BCUT2D eigenvalue weighted by Crippen LogP contribution is -2.43. The van der Waals surface area contributed by atoms with Gasteiger partial charge in [0.2, 0.25) is 10.0 Å². The fraction of sp³-hybridized carbons (Fsp3) is 0.350. The Morgan fingerprint density at radius 2 is 1.79 bits per heavy atom. The molecule has 0 spiro atoms. The molecule has 1 aliphatic heterocycles. The molecule has 2 N–H and O–H groups in total. The molecular weight excluding hydrogens is 397 g/mol. The number of amides is 2. The number of methoxy groups -OCH3 is 1. The van der Waals surface area contributed by atoms with Crippen molar-refractivity contribution >= 4 is 21.7 Å². The second kappa shape index (κ2) is 9.23. The number of rotatable bonds is 6. The van der Waals surface area contributed by atoms with E-state index in [1.54, 1.807) is 23.1 Å². The van der Waals surface area contributed by atoms with E-state index in [1.165, 1.54) is 37.4 Å². The van der Waals surface area contributed by atoms with Crippen LogP contribution < -0.4 is 14.8 Å². The lowest BCUT2D eigenvalue weighted by Gasteiger charge is -2.32. The molecule has 156 valence electrons. The van der Waals surface area contributed by atoms with E-state index >= 15 is 0 Å². The molecule has 2 aromatic rings. The first-order valence-electron chi connectivity index (χ1n) is 9.33. The number of hydrogen-bond donors (Lipinski definition) is 2. The largest absolute Gasteiger partial charge is 0.495 e. The van der Waals surface area contributed by atoms with Crippen LogP contribution in [-0.4, -0.2) is 46.1 Å². The number of carbonyl (C=O) groups is 1. The fourth-order valence-electron chi connectivity index (χ4n) is 3.22. The minimum atomic E-state index is -3.68. The van der Waals surface area contributed by atoms with Crippen molar-refractivity contribution in [1.29, 1.82) is 0 Å². The van der Waals surface area contributed by atoms with Crippen LogP contribution in [0.3, 0.4) is 0 Å². The summed E-state index contributed by atoms with van der Waals surface area (Å²) >= 11 is 0. The van der Waals surface area contributed by atoms with E-state index in [0.29, 0.717) is 43.9 Å². The van der Waals surface area contributed by atoms with Gasteiger partial charge in [0, 0.05) is 25.3 Å². The summed E-state index contributed by atoms with van der Waals surface area (Å²) < 4.78 is 45.8. The Kier molecular flexibility index (Phi) is 6.71. The molecular formula is C20H24FN3O4S. The van der Waals surface area contributed by atoms with Crippen LogP contribution in [0, 0.1) is 11.7 Å². The number of benzene rings is 2. The third-order valence-electron chi connectivity index (χ3n) is 4.92. The van der Waals surface area contributed by atoms with Crippen LogP contribution in [0.4, 0.5) is 14.9 Å². The van der Waals surface area contributed by atoms with E-state index in [-0.39, 0.29) is 22.7 Å². The van der Waals surface area contributed by atoms with Gasteiger partial charge < -0.3 is 15.0 Å². The van der Waals surface area contributed by atoms with Crippen LogP contribution in [-0.2, 0) is 10.0 Å². The second-order valence-corrected chi connectivity index (χ2v) is 8.61. The van der Waals surface area contributed by atoms with E-state index < -0.39 is 10.0 Å². The maximum atomic E-state index is 13.0. The Morgan fingerprint density at radius 3 is 2.45 bits per heavy atom. The maximum absolute atomic E-state index is 13.0. The van der Waals surface area contributed by atoms with Crippen molar-refractivity contribution in [1.82, 2.24) is 9.62 Å². The predicted molar refractivity (Wildman–Crippen MR) is 108 cm³/mol. The Hall–Kier alpha value is -2.65. The summed E-state index contributed by atoms with van der Waals surface area (Å²) in [5.74, 6) is 0.0704. The lowest BCUT2D eigenvalue weighted by molar-refractivity contribution is 0.183. The van der Waals surface area contributed by atoms with Gasteiger partial charge in [0.05, 0.1) is 7.11 Å². The molecule has 0 unspecified atom stereocenters. The lowest BCUT2D eigenvalue weighted by atomic mass is 9.97. The zero-order valence-corrected chi connectivity index (χ0v) is 16.9. The minimum absolute atomic E-state index is 0.110. The average Bonchev–Trinajstić information content (AvgIpc) is 2.74. The van der Waals surface area contributed by atoms with Gasteiger partial charge >= 0.3 is 6.03 Å². The molecule has 0 aliphatic carbocycles. The molecule has 2 aromatic carbocycles. The van der Waals surface area contributed by atoms with E-state index in [0.717, 1.165) is 0 Å². The van der Waals surface area contributed by atoms with Crippen molar-refractivity contribution in [3.8, 4) is 5.75 Å². The number of halogens is 1. The number of piperidine rings is 1. The predicted octanol–water partition coefficient (Wildman–Crippen LogP) is 3.06. The fourth-order valence-corrected chi connectivity index (χ4v) is 4.51. The van der Waals surface area contributed by atoms with E-state index in [9.17, 15) is 17.6 Å². The zero-order chi connectivity index (χ0) is 20.9. The summed E-state index contributed by atoms with van der Waals surface area (Å²) in [4.78, 5) is 14.1. The highest BCUT2D eigenvalue weighted by molar-refractivity contribution is 7.89. The van der Waals surface area contributed by atoms with Gasteiger partial charge in [-0.3, -0.25) is 0 Å². The highest BCUT2D eigenvalue weighted by Gasteiger charge is 2.25. The molecule has 0 aromatic heterocycles. The van der Waals surface area contributed by atoms with Crippen molar-refractivity contribution in [2.45, 2.75) is 17.7 Å². The van der Waals surface area contributed by atoms with E-state index in [1.807, 2.05) is 0 Å². The number of sulfonamides is 1. The van der Waals surface area contributed by atoms with Crippen molar-refractivity contribution in [3.05, 3.63) is 54.3 Å². The number of urea groups is 1. The molecule has 1 heterocycles. The molecule has 9 heteroatoms. The third kappa shape index (κ3) is 5.45. The molecule has 1 fully saturated rings. The minimum Gasteiger partial charge on any atom is -0.495 e. The van der Waals surface area contributed by atoms with Crippen molar-refractivity contribution in [2.24, 2.45) is 5.92 Å². The van der Waals surface area contributed by atoms with Gasteiger partial charge in [0.1, 0.15) is 16.5 Å². The van der Waals surface area contributed by atoms with Crippen LogP contribution in [0.15, 0.2) is 53.4 Å². The molecule has 1 aliphatic rings. The first-order chi connectivity index (χ1) is 13.9. The summed E-state index contributed by atoms with van der Waals surface area (Å²) in [7, 11) is -2.24. The molecule has 7 nitrogen and oxygen atoms in total. The highest BCUT2D eigenvalue weighted by Crippen LogP contribution is 2.24. The number of nitrogens with one attached hydrogen (secondary N) is 2.